The molecule has 0 saturated heterocycles. The van der Waals surface area contributed by atoms with E-state index in [1.54, 1.807) is 16.8 Å². The molecule has 3 rings (SSSR count). The maximum Gasteiger partial charge on any atom is 0.166 e. The molecule has 0 bridgehead atoms. The van der Waals surface area contributed by atoms with Crippen LogP contribution in [0.5, 0.6) is 0 Å². The summed E-state index contributed by atoms with van der Waals surface area (Å²) in [7, 11) is 0. The molecule has 0 aliphatic rings. The average molecular weight is 299 g/mol. The van der Waals surface area contributed by atoms with E-state index >= 15 is 0 Å². The van der Waals surface area contributed by atoms with E-state index in [0.29, 0.717) is 28.5 Å². The second-order valence-electron chi connectivity index (χ2n) is 5.18. The molecule has 114 valence electrons. The molecule has 0 amide bonds. The number of rotatable bonds is 4. The SMILES string of the molecule is Cc1cnc2c(-c3cc(NC(C)CO)ncn3)c(N)nn2c1. The summed E-state index contributed by atoms with van der Waals surface area (Å²) in [4.78, 5) is 12.8. The van der Waals surface area contributed by atoms with Crippen molar-refractivity contribution in [2.24, 2.45) is 0 Å². The number of nitrogens with two attached hydrogens (primary N) is 1. The minimum Gasteiger partial charge on any atom is -0.394 e. The van der Waals surface area contributed by atoms with Crippen LogP contribution in [0, 0.1) is 6.92 Å². The van der Waals surface area contributed by atoms with Crippen LogP contribution in [0.3, 0.4) is 0 Å². The zero-order valence-electron chi connectivity index (χ0n) is 12.4. The van der Waals surface area contributed by atoms with Gasteiger partial charge in [0.15, 0.2) is 11.5 Å². The van der Waals surface area contributed by atoms with Gasteiger partial charge in [0.25, 0.3) is 0 Å². The van der Waals surface area contributed by atoms with Gasteiger partial charge in [0.2, 0.25) is 0 Å². The molecule has 0 saturated carbocycles. The summed E-state index contributed by atoms with van der Waals surface area (Å²) < 4.78 is 1.64. The van der Waals surface area contributed by atoms with Gasteiger partial charge in [0.1, 0.15) is 12.1 Å². The fourth-order valence-electron chi connectivity index (χ4n) is 2.16. The number of aromatic nitrogens is 5. The first kappa shape index (κ1) is 14.2. The van der Waals surface area contributed by atoms with Crippen LogP contribution in [0.15, 0.2) is 24.8 Å². The normalized spacial score (nSPS) is 12.5. The van der Waals surface area contributed by atoms with Gasteiger partial charge in [-0.15, -0.1) is 5.10 Å². The van der Waals surface area contributed by atoms with Gasteiger partial charge in [-0.25, -0.2) is 19.5 Å². The molecule has 0 aliphatic carbocycles. The van der Waals surface area contributed by atoms with Gasteiger partial charge in [-0.3, -0.25) is 0 Å². The van der Waals surface area contributed by atoms with Crippen molar-refractivity contribution in [2.45, 2.75) is 19.9 Å². The lowest BCUT2D eigenvalue weighted by Gasteiger charge is -2.11. The zero-order valence-corrected chi connectivity index (χ0v) is 12.4. The number of hydrogen-bond donors (Lipinski definition) is 3. The highest BCUT2D eigenvalue weighted by atomic mass is 16.3. The van der Waals surface area contributed by atoms with Gasteiger partial charge < -0.3 is 16.2 Å². The maximum absolute atomic E-state index is 9.11. The molecule has 0 aromatic carbocycles. The van der Waals surface area contributed by atoms with E-state index in [9.17, 15) is 0 Å². The minimum absolute atomic E-state index is 0.0129. The summed E-state index contributed by atoms with van der Waals surface area (Å²) in [5.41, 5.74) is 8.95. The summed E-state index contributed by atoms with van der Waals surface area (Å²) in [5.74, 6) is 0.968. The molecule has 3 aromatic heterocycles. The van der Waals surface area contributed by atoms with Crippen molar-refractivity contribution in [3.8, 4) is 11.3 Å². The zero-order chi connectivity index (χ0) is 15.7. The van der Waals surface area contributed by atoms with Crippen molar-refractivity contribution >= 4 is 17.3 Å². The first-order valence-corrected chi connectivity index (χ1v) is 6.88. The van der Waals surface area contributed by atoms with E-state index in [2.05, 4.69) is 25.4 Å². The third-order valence-corrected chi connectivity index (χ3v) is 3.22. The Morgan fingerprint density at radius 3 is 2.95 bits per heavy atom. The molecular formula is C14H17N7O. The Labute approximate surface area is 127 Å². The number of nitrogens with one attached hydrogen (secondary N) is 1. The fourth-order valence-corrected chi connectivity index (χ4v) is 2.16. The lowest BCUT2D eigenvalue weighted by atomic mass is 10.2. The first-order valence-electron chi connectivity index (χ1n) is 6.88. The molecule has 0 spiro atoms. The number of aliphatic hydroxyl groups is 1. The lowest BCUT2D eigenvalue weighted by Crippen LogP contribution is -2.20. The molecule has 0 fully saturated rings. The number of nitrogen functional groups attached to an aromatic ring is 1. The fraction of sp³-hybridized carbons (Fsp3) is 0.286. The Hall–Kier alpha value is -2.74. The Morgan fingerprint density at radius 2 is 2.18 bits per heavy atom. The topological polar surface area (TPSA) is 114 Å². The smallest absolute Gasteiger partial charge is 0.166 e. The largest absolute Gasteiger partial charge is 0.394 e. The second-order valence-corrected chi connectivity index (χ2v) is 5.18. The molecule has 3 heterocycles. The third kappa shape index (κ3) is 2.56. The van der Waals surface area contributed by atoms with Crippen molar-refractivity contribution in [1.82, 2.24) is 24.6 Å². The monoisotopic (exact) mass is 299 g/mol. The predicted octanol–water partition coefficient (Wildman–Crippen LogP) is 0.870. The Morgan fingerprint density at radius 1 is 1.36 bits per heavy atom. The second kappa shape index (κ2) is 5.57. The van der Waals surface area contributed by atoms with Gasteiger partial charge in [-0.2, -0.15) is 0 Å². The van der Waals surface area contributed by atoms with Gasteiger partial charge in [-0.1, -0.05) is 0 Å². The predicted molar refractivity (Wildman–Crippen MR) is 83.3 cm³/mol. The molecule has 0 radical (unpaired) electrons. The van der Waals surface area contributed by atoms with Crippen LogP contribution in [0.4, 0.5) is 11.6 Å². The highest BCUT2D eigenvalue weighted by molar-refractivity contribution is 5.84. The molecule has 3 aromatic rings. The van der Waals surface area contributed by atoms with Crippen LogP contribution in [0.1, 0.15) is 12.5 Å². The van der Waals surface area contributed by atoms with Gasteiger partial charge in [0.05, 0.1) is 17.9 Å². The van der Waals surface area contributed by atoms with Gasteiger partial charge in [-0.05, 0) is 19.4 Å². The molecule has 1 atom stereocenters. The lowest BCUT2D eigenvalue weighted by molar-refractivity contribution is 0.281. The summed E-state index contributed by atoms with van der Waals surface area (Å²) in [6.07, 6.45) is 5.06. The van der Waals surface area contributed by atoms with Crippen molar-refractivity contribution in [3.05, 3.63) is 30.4 Å². The van der Waals surface area contributed by atoms with E-state index in [4.69, 9.17) is 10.8 Å². The third-order valence-electron chi connectivity index (χ3n) is 3.22. The van der Waals surface area contributed by atoms with E-state index in [0.717, 1.165) is 5.56 Å². The molecule has 0 aliphatic heterocycles. The highest BCUT2D eigenvalue weighted by Gasteiger charge is 2.16. The van der Waals surface area contributed by atoms with E-state index < -0.39 is 0 Å². The van der Waals surface area contributed by atoms with E-state index in [1.165, 1.54) is 6.33 Å². The Kier molecular flexibility index (Phi) is 3.60. The molecule has 22 heavy (non-hydrogen) atoms. The van der Waals surface area contributed by atoms with Crippen molar-refractivity contribution in [2.75, 3.05) is 17.7 Å². The van der Waals surface area contributed by atoms with Crippen LogP contribution in [-0.2, 0) is 0 Å². The average Bonchev–Trinajstić information content (AvgIpc) is 2.82. The van der Waals surface area contributed by atoms with E-state index in [-0.39, 0.29) is 12.6 Å². The van der Waals surface area contributed by atoms with Crippen LogP contribution in [0.25, 0.3) is 16.9 Å². The van der Waals surface area contributed by atoms with E-state index in [1.807, 2.05) is 20.0 Å². The Bertz CT molecular complexity index is 814. The standard InChI is InChI=1S/C14H17N7O/c1-8-4-16-14-12(13(15)20-21(14)5-8)10-3-11(18-7-17-10)19-9(2)6-22/h3-5,7,9,22H,6H2,1-2H3,(H2,15,20)(H,17,18,19). The maximum atomic E-state index is 9.11. The van der Waals surface area contributed by atoms with Crippen molar-refractivity contribution < 1.29 is 5.11 Å². The number of aliphatic hydroxyl groups excluding tert-OH is 1. The highest BCUT2D eigenvalue weighted by Crippen LogP contribution is 2.28. The van der Waals surface area contributed by atoms with Gasteiger partial charge >= 0.3 is 0 Å². The van der Waals surface area contributed by atoms with Crippen LogP contribution in [-0.4, -0.2) is 42.3 Å². The van der Waals surface area contributed by atoms with Crippen LogP contribution >= 0.6 is 0 Å². The number of fused-ring (bicyclic) bond motifs is 1. The Balaban J connectivity index is 2.07. The number of anilines is 2. The quantitative estimate of drug-likeness (QED) is 0.654. The van der Waals surface area contributed by atoms with Crippen LogP contribution < -0.4 is 11.1 Å². The summed E-state index contributed by atoms with van der Waals surface area (Å²) >= 11 is 0. The molecule has 1 unspecified atom stereocenters. The van der Waals surface area contributed by atoms with Crippen molar-refractivity contribution in [1.29, 1.82) is 0 Å². The number of aryl methyl sites for hydroxylation is 1. The molecular weight excluding hydrogens is 282 g/mol. The van der Waals surface area contributed by atoms with Crippen LogP contribution in [0.2, 0.25) is 0 Å². The first-order chi connectivity index (χ1) is 10.6. The summed E-state index contributed by atoms with van der Waals surface area (Å²) in [5, 5.41) is 16.5. The van der Waals surface area contributed by atoms with Gasteiger partial charge in [0, 0.05) is 24.5 Å². The summed E-state index contributed by atoms with van der Waals surface area (Å²) in [6.45, 7) is 3.81. The molecule has 4 N–H and O–H groups in total. The van der Waals surface area contributed by atoms with Crippen molar-refractivity contribution in [3.63, 3.8) is 0 Å². The number of nitrogens with zero attached hydrogens (tertiary/aromatic N) is 5. The summed E-state index contributed by atoms with van der Waals surface area (Å²) in [6, 6.07) is 1.66. The molecule has 8 nitrogen and oxygen atoms in total. The number of hydrogen-bond acceptors (Lipinski definition) is 7. The minimum atomic E-state index is -0.107. The molecule has 8 heteroatoms.